The van der Waals surface area contributed by atoms with Crippen molar-refractivity contribution in [3.8, 4) is 0 Å². The van der Waals surface area contributed by atoms with Crippen molar-refractivity contribution in [2.24, 2.45) is 0 Å². The molecule has 0 aromatic heterocycles. The van der Waals surface area contributed by atoms with Crippen LogP contribution < -0.4 is 10.6 Å². The summed E-state index contributed by atoms with van der Waals surface area (Å²) in [6.45, 7) is 7.00. The van der Waals surface area contributed by atoms with Crippen molar-refractivity contribution in [3.05, 3.63) is 0 Å². The van der Waals surface area contributed by atoms with E-state index in [-0.39, 0.29) is 18.1 Å². The molecule has 98 valence electrons. The second-order valence-electron chi connectivity index (χ2n) is 4.38. The molecule has 0 aromatic carbocycles. The van der Waals surface area contributed by atoms with Gasteiger partial charge in [-0.05, 0) is 20.8 Å². The Labute approximate surface area is 101 Å². The molecule has 6 nitrogen and oxygen atoms in total. The predicted molar refractivity (Wildman–Crippen MR) is 61.5 cm³/mol. The number of nitrogens with one attached hydrogen (secondary N) is 2. The van der Waals surface area contributed by atoms with E-state index in [0.29, 0.717) is 6.61 Å². The second-order valence-corrected chi connectivity index (χ2v) is 4.38. The lowest BCUT2D eigenvalue weighted by Crippen LogP contribution is -2.59. The summed E-state index contributed by atoms with van der Waals surface area (Å²) in [5.74, 6) is -0.740. The van der Waals surface area contributed by atoms with Crippen LogP contribution in [0.2, 0.25) is 0 Å². The van der Waals surface area contributed by atoms with Crippen molar-refractivity contribution in [2.75, 3.05) is 26.3 Å². The van der Waals surface area contributed by atoms with Crippen molar-refractivity contribution in [2.45, 2.75) is 32.4 Å². The molecule has 0 spiro atoms. The Morgan fingerprint density at radius 3 is 2.59 bits per heavy atom. The molecule has 2 N–H and O–H groups in total. The van der Waals surface area contributed by atoms with Gasteiger partial charge in [0.1, 0.15) is 12.6 Å². The van der Waals surface area contributed by atoms with Crippen molar-refractivity contribution >= 4 is 11.9 Å². The third kappa shape index (κ3) is 4.32. The highest BCUT2D eigenvalue weighted by atomic mass is 16.5. The van der Waals surface area contributed by atoms with Gasteiger partial charge in [-0.15, -0.1) is 0 Å². The molecule has 0 aliphatic carbocycles. The van der Waals surface area contributed by atoms with Gasteiger partial charge < -0.3 is 20.1 Å². The van der Waals surface area contributed by atoms with E-state index in [1.54, 1.807) is 13.8 Å². The molecule has 0 aromatic rings. The van der Waals surface area contributed by atoms with E-state index in [4.69, 9.17) is 9.47 Å². The summed E-state index contributed by atoms with van der Waals surface area (Å²) < 4.78 is 10.2. The van der Waals surface area contributed by atoms with E-state index in [1.807, 2.05) is 6.92 Å². The lowest BCUT2D eigenvalue weighted by Gasteiger charge is -2.38. The summed E-state index contributed by atoms with van der Waals surface area (Å²) in [5, 5.41) is 5.60. The maximum atomic E-state index is 11.5. The van der Waals surface area contributed by atoms with Crippen LogP contribution in [0.3, 0.4) is 0 Å². The van der Waals surface area contributed by atoms with Crippen molar-refractivity contribution < 1.29 is 19.1 Å². The molecule has 1 rings (SSSR count). The number of rotatable bonds is 6. The zero-order chi connectivity index (χ0) is 12.9. The Bertz CT molecular complexity index is 289. The summed E-state index contributed by atoms with van der Waals surface area (Å²) in [6, 6.07) is -0.640. The minimum absolute atomic E-state index is 0.0398. The maximum absolute atomic E-state index is 11.5. The Balaban J connectivity index is 2.22. The van der Waals surface area contributed by atoms with Gasteiger partial charge in [0.05, 0.1) is 12.2 Å². The topological polar surface area (TPSA) is 76.7 Å². The van der Waals surface area contributed by atoms with Gasteiger partial charge in [-0.25, -0.2) is 4.79 Å². The van der Waals surface area contributed by atoms with E-state index in [0.717, 1.165) is 13.1 Å². The monoisotopic (exact) mass is 244 g/mol. The van der Waals surface area contributed by atoms with Gasteiger partial charge in [0, 0.05) is 13.1 Å². The molecular weight excluding hydrogens is 224 g/mol. The van der Waals surface area contributed by atoms with E-state index in [2.05, 4.69) is 10.6 Å². The van der Waals surface area contributed by atoms with Crippen LogP contribution >= 0.6 is 0 Å². The fourth-order valence-corrected chi connectivity index (χ4v) is 1.43. The highest BCUT2D eigenvalue weighted by molar-refractivity contribution is 5.84. The van der Waals surface area contributed by atoms with Crippen LogP contribution in [-0.2, 0) is 19.1 Å². The smallest absolute Gasteiger partial charge is 0.328 e. The standard InChI is InChI=1S/C11H20N2O4/c1-4-16-10(15)8(2)13-9(14)5-17-11(3)6-12-7-11/h8,12H,4-7H2,1-3H3,(H,13,14). The van der Waals surface area contributed by atoms with E-state index in [1.165, 1.54) is 0 Å². The fraction of sp³-hybridized carbons (Fsp3) is 0.818. The van der Waals surface area contributed by atoms with E-state index in [9.17, 15) is 9.59 Å². The predicted octanol–water partition coefficient (Wildman–Crippen LogP) is -0.567. The highest BCUT2D eigenvalue weighted by Gasteiger charge is 2.33. The SMILES string of the molecule is CCOC(=O)C(C)NC(=O)COC1(C)CNC1. The van der Waals surface area contributed by atoms with Gasteiger partial charge in [0.2, 0.25) is 5.91 Å². The number of esters is 1. The molecule has 1 heterocycles. The molecule has 0 saturated carbocycles. The molecule has 1 fully saturated rings. The van der Waals surface area contributed by atoms with Crippen LogP contribution in [0.15, 0.2) is 0 Å². The molecule has 1 atom stereocenters. The van der Waals surface area contributed by atoms with E-state index >= 15 is 0 Å². The van der Waals surface area contributed by atoms with Gasteiger partial charge >= 0.3 is 5.97 Å². The Morgan fingerprint density at radius 1 is 1.47 bits per heavy atom. The van der Waals surface area contributed by atoms with Crippen molar-refractivity contribution in [1.29, 1.82) is 0 Å². The minimum atomic E-state index is -0.640. The van der Waals surface area contributed by atoms with Gasteiger partial charge in [-0.1, -0.05) is 0 Å². The average Bonchev–Trinajstić information content (AvgIpc) is 2.24. The quantitative estimate of drug-likeness (QED) is 0.612. The molecule has 17 heavy (non-hydrogen) atoms. The molecular formula is C11H20N2O4. The van der Waals surface area contributed by atoms with Gasteiger partial charge in [-0.3, -0.25) is 4.79 Å². The molecule has 6 heteroatoms. The fourth-order valence-electron chi connectivity index (χ4n) is 1.43. The van der Waals surface area contributed by atoms with E-state index < -0.39 is 12.0 Å². The molecule has 0 bridgehead atoms. The Morgan fingerprint density at radius 2 is 2.12 bits per heavy atom. The van der Waals surface area contributed by atoms with Gasteiger partial charge in [-0.2, -0.15) is 0 Å². The summed E-state index contributed by atoms with van der Waals surface area (Å²) in [7, 11) is 0. The first-order chi connectivity index (χ1) is 7.97. The molecule has 1 saturated heterocycles. The molecule has 1 aliphatic rings. The number of ether oxygens (including phenoxy) is 2. The van der Waals surface area contributed by atoms with Crippen LogP contribution in [0, 0.1) is 0 Å². The zero-order valence-corrected chi connectivity index (χ0v) is 10.5. The lowest BCUT2D eigenvalue weighted by atomic mass is 10.0. The zero-order valence-electron chi connectivity index (χ0n) is 10.5. The first-order valence-electron chi connectivity index (χ1n) is 5.77. The second kappa shape index (κ2) is 5.97. The summed E-state index contributed by atoms with van der Waals surface area (Å²) in [4.78, 5) is 22.7. The van der Waals surface area contributed by atoms with Crippen LogP contribution in [0.5, 0.6) is 0 Å². The molecule has 1 unspecified atom stereocenters. The minimum Gasteiger partial charge on any atom is -0.464 e. The normalized spacial score (nSPS) is 19.0. The largest absolute Gasteiger partial charge is 0.464 e. The van der Waals surface area contributed by atoms with Crippen LogP contribution in [0.25, 0.3) is 0 Å². The van der Waals surface area contributed by atoms with Crippen LogP contribution in [-0.4, -0.2) is 49.8 Å². The van der Waals surface area contributed by atoms with Gasteiger partial charge in [0.25, 0.3) is 0 Å². The molecule has 1 amide bonds. The lowest BCUT2D eigenvalue weighted by molar-refractivity contribution is -0.148. The Kier molecular flexibility index (Phi) is 4.89. The number of hydrogen-bond donors (Lipinski definition) is 2. The highest BCUT2D eigenvalue weighted by Crippen LogP contribution is 2.14. The van der Waals surface area contributed by atoms with Crippen LogP contribution in [0.4, 0.5) is 0 Å². The Hall–Kier alpha value is -1.14. The first-order valence-corrected chi connectivity index (χ1v) is 5.77. The summed E-state index contributed by atoms with van der Waals surface area (Å²) >= 11 is 0. The van der Waals surface area contributed by atoms with Crippen molar-refractivity contribution in [3.63, 3.8) is 0 Å². The van der Waals surface area contributed by atoms with Crippen LogP contribution in [0.1, 0.15) is 20.8 Å². The van der Waals surface area contributed by atoms with Crippen molar-refractivity contribution in [1.82, 2.24) is 10.6 Å². The maximum Gasteiger partial charge on any atom is 0.328 e. The molecule has 1 aliphatic heterocycles. The number of carbonyl (C=O) groups is 2. The third-order valence-corrected chi connectivity index (χ3v) is 2.57. The number of carbonyl (C=O) groups excluding carboxylic acids is 2. The first kappa shape index (κ1) is 13.9. The molecule has 0 radical (unpaired) electrons. The number of hydrogen-bond acceptors (Lipinski definition) is 5. The number of amides is 1. The van der Waals surface area contributed by atoms with Gasteiger partial charge in [0.15, 0.2) is 0 Å². The summed E-state index contributed by atoms with van der Waals surface area (Å²) in [6.07, 6.45) is 0. The summed E-state index contributed by atoms with van der Waals surface area (Å²) in [5.41, 5.74) is -0.259. The third-order valence-electron chi connectivity index (χ3n) is 2.57. The average molecular weight is 244 g/mol.